The van der Waals surface area contributed by atoms with Crippen molar-refractivity contribution in [1.82, 2.24) is 0 Å². The Hall–Kier alpha value is -3.29. The minimum atomic E-state index is -0.935. The maximum atomic E-state index is 11.2. The van der Waals surface area contributed by atoms with Crippen LogP contribution in [0.4, 0.5) is 0 Å². The predicted octanol–water partition coefficient (Wildman–Crippen LogP) is 0.142. The van der Waals surface area contributed by atoms with Gasteiger partial charge in [-0.2, -0.15) is 0 Å². The predicted molar refractivity (Wildman–Crippen MR) is 75.9 cm³/mol. The fourth-order valence-electron chi connectivity index (χ4n) is 1.66. The van der Waals surface area contributed by atoms with Crippen LogP contribution in [0.3, 0.4) is 0 Å². The molecule has 3 rings (SSSR count). The molecule has 8 nitrogen and oxygen atoms in total. The molecular formula is C14H8O8. The third-order valence-corrected chi connectivity index (χ3v) is 2.77. The Morgan fingerprint density at radius 2 is 1.09 bits per heavy atom. The van der Waals surface area contributed by atoms with E-state index >= 15 is 0 Å². The Bertz CT molecular complexity index is 943. The molecular weight excluding hydrogens is 296 g/mol. The molecule has 0 aliphatic heterocycles. The SMILES string of the molecule is C=C(C)C(=O)O.O=c1oc(=O)c2cc3c(=O)oc(=O)c3cc12. The highest BCUT2D eigenvalue weighted by Crippen LogP contribution is 2.13. The Morgan fingerprint density at radius 1 is 0.864 bits per heavy atom. The fourth-order valence-corrected chi connectivity index (χ4v) is 1.66. The Morgan fingerprint density at radius 3 is 1.27 bits per heavy atom. The van der Waals surface area contributed by atoms with Gasteiger partial charge in [-0.1, -0.05) is 6.58 Å². The average molecular weight is 304 g/mol. The van der Waals surface area contributed by atoms with Gasteiger partial charge in [0, 0.05) is 5.57 Å². The van der Waals surface area contributed by atoms with Crippen LogP contribution >= 0.6 is 0 Å². The van der Waals surface area contributed by atoms with Gasteiger partial charge in [0.05, 0.1) is 21.5 Å². The van der Waals surface area contributed by atoms with E-state index in [1.165, 1.54) is 6.92 Å². The molecule has 1 N–H and O–H groups in total. The third-order valence-electron chi connectivity index (χ3n) is 2.77. The lowest BCUT2D eigenvalue weighted by Gasteiger charge is -1.84. The normalized spacial score (nSPS) is 10.4. The molecule has 22 heavy (non-hydrogen) atoms. The van der Waals surface area contributed by atoms with E-state index in [2.05, 4.69) is 15.4 Å². The maximum absolute atomic E-state index is 11.2. The van der Waals surface area contributed by atoms with Crippen LogP contribution in [0.5, 0.6) is 0 Å². The van der Waals surface area contributed by atoms with Gasteiger partial charge >= 0.3 is 28.5 Å². The first kappa shape index (κ1) is 15.1. The number of carboxylic acids is 1. The second-order valence-electron chi connectivity index (χ2n) is 4.38. The monoisotopic (exact) mass is 304 g/mol. The Labute approximate surface area is 120 Å². The van der Waals surface area contributed by atoms with Crippen LogP contribution in [0.2, 0.25) is 0 Å². The lowest BCUT2D eigenvalue weighted by Crippen LogP contribution is -1.96. The number of carboxylic acid groups (broad SMARTS) is 1. The van der Waals surface area contributed by atoms with Gasteiger partial charge in [0.25, 0.3) is 0 Å². The number of carbonyl (C=O) groups is 1. The molecule has 0 saturated heterocycles. The summed E-state index contributed by atoms with van der Waals surface area (Å²) >= 11 is 0. The molecule has 0 atom stereocenters. The molecule has 112 valence electrons. The number of hydrogen-bond donors (Lipinski definition) is 1. The quantitative estimate of drug-likeness (QED) is 0.628. The van der Waals surface area contributed by atoms with Gasteiger partial charge in [-0.15, -0.1) is 0 Å². The Balaban J connectivity index is 0.000000254. The summed E-state index contributed by atoms with van der Waals surface area (Å²) in [4.78, 5) is 54.3. The minimum absolute atomic E-state index is 0.0181. The first-order valence-corrected chi connectivity index (χ1v) is 5.82. The lowest BCUT2D eigenvalue weighted by atomic mass is 10.1. The standard InChI is InChI=1S/C10H2O6.C4H6O2/c11-7-3-1-4-6(10(14)16-8(4)12)2-5(3)9(13)15-7;1-3(2)4(5)6/h1-2H;1H2,2H3,(H,5,6). The molecule has 0 amide bonds. The van der Waals surface area contributed by atoms with Crippen molar-refractivity contribution in [2.24, 2.45) is 0 Å². The van der Waals surface area contributed by atoms with Gasteiger partial charge in [0.1, 0.15) is 0 Å². The van der Waals surface area contributed by atoms with E-state index in [-0.39, 0.29) is 27.1 Å². The topological polar surface area (TPSA) is 132 Å². The summed E-state index contributed by atoms with van der Waals surface area (Å²) < 4.78 is 8.68. The number of rotatable bonds is 1. The largest absolute Gasteiger partial charge is 0.478 e. The zero-order chi connectivity index (χ0) is 16.6. The molecule has 0 aliphatic rings. The average Bonchev–Trinajstić information content (AvgIpc) is 2.87. The molecule has 2 aromatic heterocycles. The molecule has 2 heterocycles. The number of fused-ring (bicyclic) bond motifs is 2. The van der Waals surface area contributed by atoms with Crippen LogP contribution < -0.4 is 22.5 Å². The van der Waals surface area contributed by atoms with Crippen molar-refractivity contribution in [1.29, 1.82) is 0 Å². The molecule has 0 aliphatic carbocycles. The highest BCUT2D eigenvalue weighted by atomic mass is 16.4. The summed E-state index contributed by atoms with van der Waals surface area (Å²) in [5, 5.41) is 7.82. The summed E-state index contributed by atoms with van der Waals surface area (Å²) in [5.74, 6) is -0.935. The van der Waals surface area contributed by atoms with Crippen LogP contribution in [0.1, 0.15) is 6.92 Å². The van der Waals surface area contributed by atoms with Crippen LogP contribution in [-0.4, -0.2) is 11.1 Å². The van der Waals surface area contributed by atoms with Crippen molar-refractivity contribution in [2.75, 3.05) is 0 Å². The fraction of sp³-hybridized carbons (Fsp3) is 0.0714. The summed E-state index contributed by atoms with van der Waals surface area (Å²) in [5.41, 5.74) is -3.12. The summed E-state index contributed by atoms with van der Waals surface area (Å²) in [6, 6.07) is 2.29. The van der Waals surface area contributed by atoms with Crippen molar-refractivity contribution < 1.29 is 18.7 Å². The second kappa shape index (κ2) is 5.24. The molecule has 0 radical (unpaired) electrons. The summed E-state index contributed by atoms with van der Waals surface area (Å²) in [7, 11) is 0. The molecule has 8 heteroatoms. The van der Waals surface area contributed by atoms with Gasteiger partial charge < -0.3 is 13.9 Å². The van der Waals surface area contributed by atoms with Crippen molar-refractivity contribution in [3.8, 4) is 0 Å². The highest BCUT2D eigenvalue weighted by molar-refractivity contribution is 5.96. The van der Waals surface area contributed by atoms with E-state index in [1.54, 1.807) is 0 Å². The number of benzene rings is 1. The summed E-state index contributed by atoms with van der Waals surface area (Å²) in [6.07, 6.45) is 0. The highest BCUT2D eigenvalue weighted by Gasteiger charge is 2.15. The van der Waals surface area contributed by atoms with E-state index in [4.69, 9.17) is 5.11 Å². The van der Waals surface area contributed by atoms with Gasteiger partial charge in [0.2, 0.25) is 0 Å². The number of aliphatic carboxylic acids is 1. The molecule has 1 aromatic carbocycles. The van der Waals surface area contributed by atoms with E-state index in [0.717, 1.165) is 12.1 Å². The van der Waals surface area contributed by atoms with Gasteiger partial charge in [0.15, 0.2) is 0 Å². The molecule has 0 fully saturated rings. The van der Waals surface area contributed by atoms with Crippen molar-refractivity contribution in [3.05, 3.63) is 66.0 Å². The number of hydrogen-bond acceptors (Lipinski definition) is 7. The zero-order valence-electron chi connectivity index (χ0n) is 11.2. The second-order valence-corrected chi connectivity index (χ2v) is 4.38. The van der Waals surface area contributed by atoms with Crippen molar-refractivity contribution >= 4 is 27.5 Å². The van der Waals surface area contributed by atoms with Gasteiger partial charge in [-0.05, 0) is 19.1 Å². The number of furan rings is 2. The molecule has 0 unspecified atom stereocenters. The van der Waals surface area contributed by atoms with Crippen LogP contribution in [0.15, 0.2) is 52.3 Å². The van der Waals surface area contributed by atoms with E-state index < -0.39 is 28.5 Å². The van der Waals surface area contributed by atoms with Crippen LogP contribution in [0, 0.1) is 0 Å². The lowest BCUT2D eigenvalue weighted by molar-refractivity contribution is -0.132. The van der Waals surface area contributed by atoms with Crippen LogP contribution in [0.25, 0.3) is 21.5 Å². The molecule has 0 bridgehead atoms. The molecule has 3 aromatic rings. The van der Waals surface area contributed by atoms with E-state index in [9.17, 15) is 24.0 Å². The first-order chi connectivity index (χ1) is 10.2. The van der Waals surface area contributed by atoms with Gasteiger partial charge in [-0.3, -0.25) is 0 Å². The van der Waals surface area contributed by atoms with Gasteiger partial charge in [-0.25, -0.2) is 24.0 Å². The maximum Gasteiger partial charge on any atom is 0.346 e. The summed E-state index contributed by atoms with van der Waals surface area (Å²) in [6.45, 7) is 4.60. The Kier molecular flexibility index (Phi) is 3.60. The van der Waals surface area contributed by atoms with E-state index in [1.807, 2.05) is 0 Å². The van der Waals surface area contributed by atoms with E-state index in [0.29, 0.717) is 0 Å². The smallest absolute Gasteiger partial charge is 0.346 e. The molecule has 0 spiro atoms. The van der Waals surface area contributed by atoms with Crippen LogP contribution in [-0.2, 0) is 4.79 Å². The molecule has 0 saturated carbocycles. The first-order valence-electron chi connectivity index (χ1n) is 5.82. The third kappa shape index (κ3) is 2.49. The minimum Gasteiger partial charge on any atom is -0.478 e. The zero-order valence-corrected chi connectivity index (χ0v) is 11.2. The van der Waals surface area contributed by atoms with Crippen molar-refractivity contribution in [2.45, 2.75) is 6.92 Å². The van der Waals surface area contributed by atoms with Crippen molar-refractivity contribution in [3.63, 3.8) is 0 Å².